The van der Waals surface area contributed by atoms with Gasteiger partial charge in [-0.15, -0.1) is 6.42 Å². The van der Waals surface area contributed by atoms with Crippen LogP contribution in [-0.4, -0.2) is 18.7 Å². The van der Waals surface area contributed by atoms with Gasteiger partial charge in [-0.1, -0.05) is 5.92 Å². The summed E-state index contributed by atoms with van der Waals surface area (Å²) in [5.41, 5.74) is 0. The lowest BCUT2D eigenvalue weighted by atomic mass is 10.7. The van der Waals surface area contributed by atoms with Crippen molar-refractivity contribution in [2.75, 3.05) is 13.6 Å². The van der Waals surface area contributed by atoms with E-state index in [4.69, 9.17) is 18.6 Å². The molecule has 0 fully saturated rings. The number of thiocarbonyl (C=S) groups is 1. The van der Waals surface area contributed by atoms with E-state index in [1.165, 1.54) is 0 Å². The standard InChI is InChI=1S/C5H8N2S/c1-3-4-7-5(8)6-2/h1H,4H2,2H3,(H2,6,7,8). The minimum atomic E-state index is 0.486. The fourth-order valence-electron chi connectivity index (χ4n) is 0.220. The monoisotopic (exact) mass is 128 g/mol. The summed E-state index contributed by atoms with van der Waals surface area (Å²) in [5.74, 6) is 2.39. The number of rotatable bonds is 1. The second kappa shape index (κ2) is 4.41. The normalized spacial score (nSPS) is 7.00. The van der Waals surface area contributed by atoms with Crippen molar-refractivity contribution in [3.05, 3.63) is 0 Å². The molecule has 0 unspecified atom stereocenters. The van der Waals surface area contributed by atoms with Gasteiger partial charge in [-0.05, 0) is 12.2 Å². The molecule has 44 valence electrons. The Balaban J connectivity index is 3.15. The fourth-order valence-corrected chi connectivity index (χ4v) is 0.292. The third-order valence-corrected chi connectivity index (χ3v) is 0.927. The van der Waals surface area contributed by atoms with Gasteiger partial charge in [0.15, 0.2) is 5.11 Å². The van der Waals surface area contributed by atoms with E-state index in [0.29, 0.717) is 11.7 Å². The Morgan fingerprint density at radius 1 is 1.88 bits per heavy atom. The van der Waals surface area contributed by atoms with E-state index < -0.39 is 0 Å². The number of hydrogen-bond acceptors (Lipinski definition) is 1. The number of nitrogens with one attached hydrogen (secondary N) is 2. The first kappa shape index (κ1) is 7.25. The lowest BCUT2D eigenvalue weighted by Gasteiger charge is -2.00. The summed E-state index contributed by atoms with van der Waals surface area (Å²) in [5, 5.41) is 6.08. The minimum Gasteiger partial charge on any atom is -0.366 e. The van der Waals surface area contributed by atoms with Crippen LogP contribution < -0.4 is 10.6 Å². The van der Waals surface area contributed by atoms with E-state index in [0.717, 1.165) is 0 Å². The topological polar surface area (TPSA) is 24.1 Å². The molecule has 2 nitrogen and oxygen atoms in total. The van der Waals surface area contributed by atoms with Gasteiger partial charge in [0.1, 0.15) is 0 Å². The average molecular weight is 128 g/mol. The van der Waals surface area contributed by atoms with Gasteiger partial charge in [0.25, 0.3) is 0 Å². The first-order chi connectivity index (χ1) is 3.81. The van der Waals surface area contributed by atoms with Crippen LogP contribution in [0.3, 0.4) is 0 Å². The molecule has 0 radical (unpaired) electrons. The number of hydrogen-bond donors (Lipinski definition) is 2. The zero-order valence-corrected chi connectivity index (χ0v) is 5.51. The van der Waals surface area contributed by atoms with Crippen LogP contribution in [0, 0.1) is 12.3 Å². The molecule has 3 heteroatoms. The summed E-state index contributed by atoms with van der Waals surface area (Å²) in [4.78, 5) is 0. The van der Waals surface area contributed by atoms with Crippen LogP contribution in [0.4, 0.5) is 0 Å². The molecular weight excluding hydrogens is 120 g/mol. The fraction of sp³-hybridized carbons (Fsp3) is 0.400. The molecule has 0 heterocycles. The highest BCUT2D eigenvalue weighted by Gasteiger charge is 1.82. The molecule has 0 aliphatic heterocycles. The molecule has 0 aromatic rings. The molecule has 2 N–H and O–H groups in total. The van der Waals surface area contributed by atoms with Gasteiger partial charge < -0.3 is 10.6 Å². The van der Waals surface area contributed by atoms with Crippen molar-refractivity contribution in [1.82, 2.24) is 10.6 Å². The zero-order valence-electron chi connectivity index (χ0n) is 4.69. The van der Waals surface area contributed by atoms with Gasteiger partial charge >= 0.3 is 0 Å². The molecule has 0 aliphatic carbocycles. The molecule has 0 aromatic carbocycles. The van der Waals surface area contributed by atoms with Crippen molar-refractivity contribution >= 4 is 17.3 Å². The summed E-state index contributed by atoms with van der Waals surface area (Å²) in [6.45, 7) is 0.486. The van der Waals surface area contributed by atoms with E-state index in [1.807, 2.05) is 0 Å². The summed E-state index contributed by atoms with van der Waals surface area (Å²) in [6.07, 6.45) is 4.93. The van der Waals surface area contributed by atoms with Gasteiger partial charge in [-0.2, -0.15) is 0 Å². The van der Waals surface area contributed by atoms with Crippen LogP contribution in [0.5, 0.6) is 0 Å². The lowest BCUT2D eigenvalue weighted by molar-refractivity contribution is 1.01. The van der Waals surface area contributed by atoms with Crippen LogP contribution in [0.1, 0.15) is 0 Å². The Labute approximate surface area is 54.7 Å². The van der Waals surface area contributed by atoms with Crippen LogP contribution in [0.2, 0.25) is 0 Å². The molecule has 0 bridgehead atoms. The largest absolute Gasteiger partial charge is 0.366 e. The summed E-state index contributed by atoms with van der Waals surface area (Å²) in [6, 6.07) is 0. The maximum atomic E-state index is 4.93. The highest BCUT2D eigenvalue weighted by molar-refractivity contribution is 7.80. The quantitative estimate of drug-likeness (QED) is 0.375. The van der Waals surface area contributed by atoms with Gasteiger partial charge in [0, 0.05) is 7.05 Å². The van der Waals surface area contributed by atoms with Crippen LogP contribution in [0.15, 0.2) is 0 Å². The van der Waals surface area contributed by atoms with Crippen molar-refractivity contribution in [2.45, 2.75) is 0 Å². The van der Waals surface area contributed by atoms with Crippen LogP contribution in [-0.2, 0) is 0 Å². The van der Waals surface area contributed by atoms with Crippen molar-refractivity contribution < 1.29 is 0 Å². The van der Waals surface area contributed by atoms with Crippen LogP contribution in [0.25, 0.3) is 0 Å². The lowest BCUT2D eigenvalue weighted by Crippen LogP contribution is -2.32. The van der Waals surface area contributed by atoms with E-state index in [2.05, 4.69) is 16.6 Å². The number of terminal acetylenes is 1. The third kappa shape index (κ3) is 3.44. The van der Waals surface area contributed by atoms with Crippen molar-refractivity contribution in [3.8, 4) is 12.3 Å². The van der Waals surface area contributed by atoms with E-state index >= 15 is 0 Å². The second-order valence-electron chi connectivity index (χ2n) is 1.14. The Hall–Kier alpha value is -0.750. The van der Waals surface area contributed by atoms with E-state index in [9.17, 15) is 0 Å². The third-order valence-electron chi connectivity index (χ3n) is 0.578. The van der Waals surface area contributed by atoms with Gasteiger partial charge in [-0.25, -0.2) is 0 Å². The summed E-state index contributed by atoms with van der Waals surface area (Å²) < 4.78 is 0. The molecule has 0 spiro atoms. The first-order valence-corrected chi connectivity index (χ1v) is 2.61. The summed E-state index contributed by atoms with van der Waals surface area (Å²) in [7, 11) is 1.74. The summed E-state index contributed by atoms with van der Waals surface area (Å²) >= 11 is 4.70. The predicted molar refractivity (Wildman–Crippen MR) is 38.5 cm³/mol. The highest BCUT2D eigenvalue weighted by Crippen LogP contribution is 1.58. The Kier molecular flexibility index (Phi) is 4.00. The van der Waals surface area contributed by atoms with Gasteiger partial charge in [0.2, 0.25) is 0 Å². The molecule has 0 saturated carbocycles. The molecule has 0 saturated heterocycles. The molecule has 0 amide bonds. The van der Waals surface area contributed by atoms with Crippen LogP contribution >= 0.6 is 12.2 Å². The van der Waals surface area contributed by atoms with Gasteiger partial charge in [-0.3, -0.25) is 0 Å². The highest BCUT2D eigenvalue weighted by atomic mass is 32.1. The Morgan fingerprint density at radius 2 is 2.50 bits per heavy atom. The van der Waals surface area contributed by atoms with Crippen molar-refractivity contribution in [1.29, 1.82) is 0 Å². The Morgan fingerprint density at radius 3 is 2.88 bits per heavy atom. The molecule has 0 aliphatic rings. The van der Waals surface area contributed by atoms with Gasteiger partial charge in [0.05, 0.1) is 6.54 Å². The van der Waals surface area contributed by atoms with E-state index in [-0.39, 0.29) is 0 Å². The second-order valence-corrected chi connectivity index (χ2v) is 1.55. The molecule has 0 rings (SSSR count). The average Bonchev–Trinajstić information content (AvgIpc) is 1.83. The van der Waals surface area contributed by atoms with Crippen molar-refractivity contribution in [3.63, 3.8) is 0 Å². The Bertz CT molecular complexity index is 114. The molecule has 8 heavy (non-hydrogen) atoms. The zero-order chi connectivity index (χ0) is 6.41. The minimum absolute atomic E-state index is 0.486. The maximum Gasteiger partial charge on any atom is 0.166 e. The van der Waals surface area contributed by atoms with E-state index in [1.54, 1.807) is 7.05 Å². The predicted octanol–water partition coefficient (Wildman–Crippen LogP) is -0.287. The SMILES string of the molecule is C#CCNC(=S)NC. The maximum absolute atomic E-state index is 4.93. The smallest absolute Gasteiger partial charge is 0.166 e. The first-order valence-electron chi connectivity index (χ1n) is 2.20. The molecule has 0 aromatic heterocycles. The molecular formula is C5H8N2S. The van der Waals surface area contributed by atoms with Crippen molar-refractivity contribution in [2.24, 2.45) is 0 Å². The molecule has 0 atom stereocenters.